The molecule has 2 fully saturated rings. The van der Waals surface area contributed by atoms with Crippen molar-refractivity contribution in [1.29, 1.82) is 0 Å². The summed E-state index contributed by atoms with van der Waals surface area (Å²) in [6.07, 6.45) is 6.33. The fourth-order valence-electron chi connectivity index (χ4n) is 3.87. The van der Waals surface area contributed by atoms with Gasteiger partial charge in [0.2, 0.25) is 11.9 Å². The van der Waals surface area contributed by atoms with E-state index in [1.165, 1.54) is 6.42 Å². The molecule has 30 heavy (non-hydrogen) atoms. The molecule has 0 saturated carbocycles. The number of benzene rings is 1. The van der Waals surface area contributed by atoms with Crippen molar-refractivity contribution in [2.75, 3.05) is 29.4 Å². The molecule has 0 aliphatic carbocycles. The van der Waals surface area contributed by atoms with E-state index in [1.54, 1.807) is 35.4 Å². The van der Waals surface area contributed by atoms with Crippen molar-refractivity contribution in [1.82, 2.24) is 15.3 Å². The largest absolute Gasteiger partial charge is 0.341 e. The number of anilines is 2. The molecule has 2 aromatic rings. The Morgan fingerprint density at radius 1 is 1.03 bits per heavy atom. The maximum atomic E-state index is 13.0. The molecule has 0 spiro atoms. The summed E-state index contributed by atoms with van der Waals surface area (Å²) >= 11 is 12.1. The van der Waals surface area contributed by atoms with Crippen molar-refractivity contribution >= 4 is 46.7 Å². The Kier molecular flexibility index (Phi) is 6.39. The Bertz CT molecular complexity index is 949. The molecule has 158 valence electrons. The second-order valence-electron chi connectivity index (χ2n) is 7.55. The molecule has 1 aromatic heterocycles. The number of hydrogen-bond acceptors (Lipinski definition) is 5. The van der Waals surface area contributed by atoms with Gasteiger partial charge in [0.15, 0.2) is 0 Å². The van der Waals surface area contributed by atoms with E-state index >= 15 is 0 Å². The fraction of sp³-hybridized carbons (Fsp3) is 0.429. The van der Waals surface area contributed by atoms with Crippen LogP contribution in [-0.2, 0) is 4.79 Å². The molecule has 1 atom stereocenters. The highest BCUT2D eigenvalue weighted by atomic mass is 35.5. The predicted molar refractivity (Wildman–Crippen MR) is 117 cm³/mol. The van der Waals surface area contributed by atoms with Gasteiger partial charge in [-0.2, -0.15) is 0 Å². The number of amides is 2. The average Bonchev–Trinajstić information content (AvgIpc) is 2.78. The van der Waals surface area contributed by atoms with Crippen LogP contribution in [0.4, 0.5) is 11.6 Å². The second-order valence-corrected chi connectivity index (χ2v) is 8.36. The summed E-state index contributed by atoms with van der Waals surface area (Å²) in [7, 11) is 0. The number of nitrogens with zero attached hydrogens (tertiary/aromatic N) is 4. The van der Waals surface area contributed by atoms with Gasteiger partial charge in [-0.3, -0.25) is 9.59 Å². The molecule has 4 rings (SSSR count). The molecule has 3 heterocycles. The third-order valence-corrected chi connectivity index (χ3v) is 6.21. The number of nitrogens with one attached hydrogen (secondary N) is 1. The van der Waals surface area contributed by atoms with Crippen LogP contribution in [0.2, 0.25) is 10.0 Å². The molecule has 1 unspecified atom stereocenters. The van der Waals surface area contributed by atoms with E-state index in [9.17, 15) is 9.59 Å². The van der Waals surface area contributed by atoms with E-state index in [4.69, 9.17) is 23.2 Å². The highest BCUT2D eigenvalue weighted by Gasteiger charge is 2.31. The van der Waals surface area contributed by atoms with Crippen LogP contribution in [0.1, 0.15) is 42.6 Å². The van der Waals surface area contributed by atoms with Crippen LogP contribution in [0.15, 0.2) is 30.5 Å². The van der Waals surface area contributed by atoms with Crippen molar-refractivity contribution < 1.29 is 9.59 Å². The molecule has 7 nitrogen and oxygen atoms in total. The smallest absolute Gasteiger partial charge is 0.270 e. The van der Waals surface area contributed by atoms with Gasteiger partial charge in [-0.25, -0.2) is 9.97 Å². The van der Waals surface area contributed by atoms with Crippen molar-refractivity contribution in [2.24, 2.45) is 0 Å². The lowest BCUT2D eigenvalue weighted by molar-refractivity contribution is -0.121. The lowest BCUT2D eigenvalue weighted by atomic mass is 10.0. The zero-order chi connectivity index (χ0) is 21.1. The van der Waals surface area contributed by atoms with E-state index in [-0.39, 0.29) is 17.5 Å². The van der Waals surface area contributed by atoms with Crippen LogP contribution in [0.5, 0.6) is 0 Å². The first-order valence-electron chi connectivity index (χ1n) is 10.2. The molecular formula is C21H23Cl2N5O2. The topological polar surface area (TPSA) is 78.4 Å². The zero-order valence-corrected chi connectivity index (χ0v) is 18.0. The predicted octanol–water partition coefficient (Wildman–Crippen LogP) is 3.70. The van der Waals surface area contributed by atoms with E-state index in [0.717, 1.165) is 32.4 Å². The van der Waals surface area contributed by atoms with Crippen LogP contribution in [-0.4, -0.2) is 47.5 Å². The zero-order valence-electron chi connectivity index (χ0n) is 16.5. The molecule has 9 heteroatoms. The second kappa shape index (κ2) is 9.18. The minimum Gasteiger partial charge on any atom is -0.341 e. The first kappa shape index (κ1) is 20.9. The van der Waals surface area contributed by atoms with Gasteiger partial charge in [0.25, 0.3) is 5.91 Å². The van der Waals surface area contributed by atoms with Gasteiger partial charge in [0, 0.05) is 31.5 Å². The number of carbonyl (C=O) groups is 2. The van der Waals surface area contributed by atoms with Crippen molar-refractivity contribution in [3.8, 4) is 0 Å². The monoisotopic (exact) mass is 447 g/mol. The maximum Gasteiger partial charge on any atom is 0.270 e. The van der Waals surface area contributed by atoms with Gasteiger partial charge >= 0.3 is 0 Å². The summed E-state index contributed by atoms with van der Waals surface area (Å²) < 4.78 is 0. The Morgan fingerprint density at radius 3 is 2.60 bits per heavy atom. The van der Waals surface area contributed by atoms with Crippen LogP contribution in [0.25, 0.3) is 0 Å². The number of carbonyl (C=O) groups excluding carboxylic acids is 2. The van der Waals surface area contributed by atoms with Crippen LogP contribution in [0.3, 0.4) is 0 Å². The molecule has 0 radical (unpaired) electrons. The Balaban J connectivity index is 1.46. The molecule has 2 saturated heterocycles. The highest BCUT2D eigenvalue weighted by molar-refractivity contribution is 6.42. The molecule has 0 bridgehead atoms. The van der Waals surface area contributed by atoms with Crippen molar-refractivity contribution in [2.45, 2.75) is 38.1 Å². The number of aromatic nitrogens is 2. The summed E-state index contributed by atoms with van der Waals surface area (Å²) in [4.78, 5) is 38.3. The molecule has 2 amide bonds. The van der Waals surface area contributed by atoms with Crippen molar-refractivity contribution in [3.63, 3.8) is 0 Å². The summed E-state index contributed by atoms with van der Waals surface area (Å²) in [6, 6.07) is 6.05. The summed E-state index contributed by atoms with van der Waals surface area (Å²) in [6.45, 7) is 2.35. The highest BCUT2D eigenvalue weighted by Crippen LogP contribution is 2.29. The summed E-state index contributed by atoms with van der Waals surface area (Å²) in [5.74, 6) is 0.0260. The summed E-state index contributed by atoms with van der Waals surface area (Å²) in [5.41, 5.74) is 0.938. The van der Waals surface area contributed by atoms with Gasteiger partial charge in [-0.15, -0.1) is 0 Å². The van der Waals surface area contributed by atoms with Crippen LogP contribution in [0, 0.1) is 0 Å². The number of rotatable bonds is 4. The average molecular weight is 448 g/mol. The first-order valence-corrected chi connectivity index (χ1v) is 10.9. The van der Waals surface area contributed by atoms with Crippen molar-refractivity contribution in [3.05, 3.63) is 46.2 Å². The Labute approximate surface area is 185 Å². The lowest BCUT2D eigenvalue weighted by Crippen LogP contribution is -2.52. The van der Waals surface area contributed by atoms with Gasteiger partial charge in [-0.1, -0.05) is 23.2 Å². The minimum absolute atomic E-state index is 0.168. The molecule has 1 N–H and O–H groups in total. The SMILES string of the molecule is O=C(NC1CCCN(c2ccc(Cl)c(Cl)c2)C1=O)c1ccnc(N2CCCCC2)n1. The normalized spacial score (nSPS) is 19.7. The minimum atomic E-state index is -0.617. The van der Waals surface area contributed by atoms with E-state index < -0.39 is 6.04 Å². The number of halogens is 2. The lowest BCUT2D eigenvalue weighted by Gasteiger charge is -2.32. The van der Waals surface area contributed by atoms with Crippen LogP contribution >= 0.6 is 23.2 Å². The van der Waals surface area contributed by atoms with E-state index in [2.05, 4.69) is 20.2 Å². The number of piperidine rings is 2. The maximum absolute atomic E-state index is 13.0. The third-order valence-electron chi connectivity index (χ3n) is 5.47. The standard InChI is InChI=1S/C21H23Cl2N5O2/c22-15-7-6-14(13-16(15)23)28-12-4-5-18(20(28)30)25-19(29)17-8-9-24-21(26-17)27-10-2-1-3-11-27/h6-9,13,18H,1-5,10-12H2,(H,25,29). The van der Waals surface area contributed by atoms with Crippen LogP contribution < -0.4 is 15.1 Å². The van der Waals surface area contributed by atoms with E-state index in [0.29, 0.717) is 34.6 Å². The van der Waals surface area contributed by atoms with Gasteiger partial charge in [0.05, 0.1) is 10.0 Å². The molecule has 1 aromatic carbocycles. The Hall–Kier alpha value is -2.38. The van der Waals surface area contributed by atoms with Gasteiger partial charge < -0.3 is 15.1 Å². The van der Waals surface area contributed by atoms with Gasteiger partial charge in [-0.05, 0) is 56.4 Å². The first-order chi connectivity index (χ1) is 14.5. The van der Waals surface area contributed by atoms with Gasteiger partial charge in [0.1, 0.15) is 11.7 Å². The Morgan fingerprint density at radius 2 is 1.83 bits per heavy atom. The summed E-state index contributed by atoms with van der Waals surface area (Å²) in [5, 5.41) is 3.66. The molecule has 2 aliphatic rings. The molecule has 2 aliphatic heterocycles. The fourth-order valence-corrected chi connectivity index (χ4v) is 4.16. The van der Waals surface area contributed by atoms with E-state index in [1.807, 2.05) is 0 Å². The quantitative estimate of drug-likeness (QED) is 0.772. The number of hydrogen-bond donors (Lipinski definition) is 1. The molecular weight excluding hydrogens is 425 g/mol. The third kappa shape index (κ3) is 4.52.